The summed E-state index contributed by atoms with van der Waals surface area (Å²) in [7, 11) is 0. The van der Waals surface area contributed by atoms with Crippen LogP contribution in [-0.2, 0) is 0 Å². The minimum absolute atomic E-state index is 0.203. The van der Waals surface area contributed by atoms with Crippen molar-refractivity contribution in [1.29, 1.82) is 0 Å². The number of fused-ring (bicyclic) bond motifs is 1. The average molecular weight is 365 g/mol. The van der Waals surface area contributed by atoms with Gasteiger partial charge in [0, 0.05) is 30.5 Å². The Labute approximate surface area is 158 Å². The van der Waals surface area contributed by atoms with E-state index in [-0.39, 0.29) is 11.7 Å². The Hall–Kier alpha value is -2.40. The molecule has 1 atom stereocenters. The molecule has 140 valence electrons. The summed E-state index contributed by atoms with van der Waals surface area (Å²) >= 11 is 0. The second-order valence-electron chi connectivity index (χ2n) is 7.89. The fourth-order valence-corrected chi connectivity index (χ4v) is 4.46. The zero-order chi connectivity index (χ0) is 18.4. The SMILES string of the molecule is OC(c1c(C2CC2)ccn2cncc12)C1CCN(c2ccc(F)cc2)CC1. The molecule has 1 aliphatic carbocycles. The number of piperidine rings is 1. The van der Waals surface area contributed by atoms with E-state index in [1.807, 2.05) is 22.7 Å². The van der Waals surface area contributed by atoms with Crippen LogP contribution in [0.25, 0.3) is 5.52 Å². The van der Waals surface area contributed by atoms with Crippen molar-refractivity contribution in [2.24, 2.45) is 5.92 Å². The van der Waals surface area contributed by atoms with Crippen LogP contribution in [0, 0.1) is 11.7 Å². The van der Waals surface area contributed by atoms with Gasteiger partial charge >= 0.3 is 0 Å². The summed E-state index contributed by atoms with van der Waals surface area (Å²) in [6.07, 6.45) is 9.56. The third kappa shape index (κ3) is 3.10. The van der Waals surface area contributed by atoms with Gasteiger partial charge in [-0.05, 0) is 73.4 Å². The highest BCUT2D eigenvalue weighted by Gasteiger charge is 2.33. The summed E-state index contributed by atoms with van der Waals surface area (Å²) in [5, 5.41) is 11.3. The van der Waals surface area contributed by atoms with Crippen molar-refractivity contribution in [2.45, 2.75) is 37.7 Å². The van der Waals surface area contributed by atoms with E-state index >= 15 is 0 Å². The van der Waals surface area contributed by atoms with E-state index < -0.39 is 6.10 Å². The van der Waals surface area contributed by atoms with E-state index in [0.29, 0.717) is 5.92 Å². The Bertz CT molecular complexity index is 940. The van der Waals surface area contributed by atoms with E-state index in [9.17, 15) is 9.50 Å². The van der Waals surface area contributed by atoms with Crippen molar-refractivity contribution in [3.63, 3.8) is 0 Å². The molecule has 1 saturated carbocycles. The Kier molecular flexibility index (Phi) is 4.12. The normalized spacial score (nSPS) is 19.6. The summed E-state index contributed by atoms with van der Waals surface area (Å²) in [6.45, 7) is 1.77. The Morgan fingerprint density at radius 3 is 2.48 bits per heavy atom. The molecule has 3 aromatic rings. The van der Waals surface area contributed by atoms with Crippen molar-refractivity contribution < 1.29 is 9.50 Å². The van der Waals surface area contributed by atoms with Gasteiger partial charge in [-0.15, -0.1) is 0 Å². The number of anilines is 1. The highest BCUT2D eigenvalue weighted by molar-refractivity contribution is 5.59. The Morgan fingerprint density at radius 1 is 1.04 bits per heavy atom. The smallest absolute Gasteiger partial charge is 0.123 e. The second kappa shape index (κ2) is 6.64. The van der Waals surface area contributed by atoms with Gasteiger partial charge in [0.15, 0.2) is 0 Å². The monoisotopic (exact) mass is 365 g/mol. The van der Waals surface area contributed by atoms with Crippen LogP contribution in [0.3, 0.4) is 0 Å². The molecule has 0 spiro atoms. The molecule has 0 bridgehead atoms. The number of nitrogens with zero attached hydrogens (tertiary/aromatic N) is 3. The predicted octanol–water partition coefficient (Wildman–Crippen LogP) is 4.30. The number of rotatable bonds is 4. The molecule has 27 heavy (non-hydrogen) atoms. The van der Waals surface area contributed by atoms with Crippen LogP contribution in [0.15, 0.2) is 49.1 Å². The molecule has 0 amide bonds. The molecule has 2 aromatic heterocycles. The van der Waals surface area contributed by atoms with Crippen molar-refractivity contribution in [2.75, 3.05) is 18.0 Å². The first-order valence-corrected chi connectivity index (χ1v) is 9.84. The first-order chi connectivity index (χ1) is 13.2. The number of hydrogen-bond acceptors (Lipinski definition) is 3. The molecular weight excluding hydrogens is 341 g/mol. The molecule has 5 rings (SSSR count). The van der Waals surface area contributed by atoms with Gasteiger partial charge in [-0.2, -0.15) is 0 Å². The minimum Gasteiger partial charge on any atom is -0.388 e. The fourth-order valence-electron chi connectivity index (χ4n) is 4.46. The minimum atomic E-state index is -0.462. The van der Waals surface area contributed by atoms with Gasteiger partial charge in [-0.3, -0.25) is 0 Å². The van der Waals surface area contributed by atoms with Crippen molar-refractivity contribution in [3.05, 3.63) is 66.0 Å². The maximum absolute atomic E-state index is 13.2. The lowest BCUT2D eigenvalue weighted by Crippen LogP contribution is -2.35. The van der Waals surface area contributed by atoms with E-state index in [4.69, 9.17) is 0 Å². The lowest BCUT2D eigenvalue weighted by molar-refractivity contribution is 0.0931. The number of halogens is 1. The van der Waals surface area contributed by atoms with Crippen LogP contribution < -0.4 is 4.90 Å². The quantitative estimate of drug-likeness (QED) is 0.749. The third-order valence-electron chi connectivity index (χ3n) is 6.16. The van der Waals surface area contributed by atoms with E-state index in [2.05, 4.69) is 22.1 Å². The molecule has 4 nitrogen and oxygen atoms in total. The van der Waals surface area contributed by atoms with Crippen LogP contribution in [0.1, 0.15) is 48.8 Å². The number of benzene rings is 1. The summed E-state index contributed by atoms with van der Waals surface area (Å²) in [6, 6.07) is 8.87. The predicted molar refractivity (Wildman–Crippen MR) is 103 cm³/mol. The summed E-state index contributed by atoms with van der Waals surface area (Å²) in [5.74, 6) is 0.625. The van der Waals surface area contributed by atoms with Gasteiger partial charge in [0.25, 0.3) is 0 Å². The lowest BCUT2D eigenvalue weighted by Gasteiger charge is -2.36. The molecule has 1 unspecified atom stereocenters. The summed E-state index contributed by atoms with van der Waals surface area (Å²) in [4.78, 5) is 6.56. The Balaban J connectivity index is 1.37. The van der Waals surface area contributed by atoms with Gasteiger partial charge in [0.2, 0.25) is 0 Å². The van der Waals surface area contributed by atoms with Crippen molar-refractivity contribution >= 4 is 11.2 Å². The molecule has 1 aromatic carbocycles. The average Bonchev–Trinajstić information content (AvgIpc) is 3.44. The Morgan fingerprint density at radius 2 is 1.78 bits per heavy atom. The molecule has 3 heterocycles. The molecule has 1 N–H and O–H groups in total. The van der Waals surface area contributed by atoms with Crippen LogP contribution in [0.5, 0.6) is 0 Å². The zero-order valence-corrected chi connectivity index (χ0v) is 15.3. The molecule has 1 aliphatic heterocycles. The number of hydrogen-bond donors (Lipinski definition) is 1. The highest BCUT2D eigenvalue weighted by Crippen LogP contribution is 2.46. The first-order valence-electron chi connectivity index (χ1n) is 9.84. The van der Waals surface area contributed by atoms with Gasteiger partial charge < -0.3 is 14.4 Å². The van der Waals surface area contributed by atoms with Gasteiger partial charge in [-0.1, -0.05) is 0 Å². The van der Waals surface area contributed by atoms with Crippen molar-refractivity contribution in [3.8, 4) is 0 Å². The number of aliphatic hydroxyl groups excluding tert-OH is 1. The van der Waals surface area contributed by atoms with Gasteiger partial charge in [0.05, 0.1) is 24.1 Å². The second-order valence-corrected chi connectivity index (χ2v) is 7.89. The van der Waals surface area contributed by atoms with E-state index in [1.165, 1.54) is 30.5 Å². The van der Waals surface area contributed by atoms with Crippen molar-refractivity contribution in [1.82, 2.24) is 9.38 Å². The van der Waals surface area contributed by atoms with E-state index in [0.717, 1.165) is 42.7 Å². The van der Waals surface area contributed by atoms with Crippen LogP contribution in [0.2, 0.25) is 0 Å². The number of aromatic nitrogens is 2. The van der Waals surface area contributed by atoms with Crippen LogP contribution in [-0.4, -0.2) is 27.6 Å². The lowest BCUT2D eigenvalue weighted by atomic mass is 9.84. The standard InChI is InChI=1S/C22H24FN3O/c23-17-3-5-18(6-4-17)25-10-7-16(8-11-25)22(27)21-19(15-1-2-15)9-12-26-14-24-13-20(21)26/h3-6,9,12-16,22,27H,1-2,7-8,10-11H2. The van der Waals surface area contributed by atoms with Crippen LogP contribution >= 0.6 is 0 Å². The molecule has 2 fully saturated rings. The fraction of sp³-hybridized carbons (Fsp3) is 0.409. The summed E-state index contributed by atoms with van der Waals surface area (Å²) < 4.78 is 15.2. The molecule has 0 radical (unpaired) electrons. The topological polar surface area (TPSA) is 40.8 Å². The maximum Gasteiger partial charge on any atom is 0.123 e. The van der Waals surface area contributed by atoms with Crippen LogP contribution in [0.4, 0.5) is 10.1 Å². The molecule has 1 saturated heterocycles. The molecule has 2 aliphatic rings. The maximum atomic E-state index is 13.2. The number of imidazole rings is 1. The third-order valence-corrected chi connectivity index (χ3v) is 6.16. The first kappa shape index (κ1) is 16.8. The number of aliphatic hydroxyl groups is 1. The zero-order valence-electron chi connectivity index (χ0n) is 15.3. The molecular formula is C22H24FN3O. The van der Waals surface area contributed by atoms with Gasteiger partial charge in [-0.25, -0.2) is 9.37 Å². The highest BCUT2D eigenvalue weighted by atomic mass is 19.1. The largest absolute Gasteiger partial charge is 0.388 e. The summed E-state index contributed by atoms with van der Waals surface area (Å²) in [5.41, 5.74) is 4.47. The molecule has 5 heteroatoms. The van der Waals surface area contributed by atoms with E-state index in [1.54, 1.807) is 6.33 Å². The number of pyridine rings is 1. The van der Waals surface area contributed by atoms with Gasteiger partial charge in [0.1, 0.15) is 5.82 Å².